The van der Waals surface area contributed by atoms with Gasteiger partial charge in [-0.15, -0.1) is 0 Å². The van der Waals surface area contributed by atoms with E-state index >= 15 is 0 Å². The maximum Gasteiger partial charge on any atom is 0.306 e. The van der Waals surface area contributed by atoms with Gasteiger partial charge in [0.1, 0.15) is 6.10 Å². The number of hydrogen-bond donors (Lipinski definition) is 3. The summed E-state index contributed by atoms with van der Waals surface area (Å²) in [5.74, 6) is -0.556. The Morgan fingerprint density at radius 3 is 1.45 bits per heavy atom. The largest absolute Gasteiger partial charge is 0.462 e. The van der Waals surface area contributed by atoms with Crippen molar-refractivity contribution in [1.82, 2.24) is 5.32 Å². The highest BCUT2D eigenvalue weighted by atomic mass is 16.5. The second-order valence-electron chi connectivity index (χ2n) is 17.3. The maximum atomic E-state index is 13.2. The quantitative estimate of drug-likeness (QED) is 0.0245. The van der Waals surface area contributed by atoms with Gasteiger partial charge in [-0.3, -0.25) is 9.59 Å². The first kappa shape index (κ1) is 60.5. The van der Waals surface area contributed by atoms with Gasteiger partial charge in [0.15, 0.2) is 0 Å². The van der Waals surface area contributed by atoms with Crippen LogP contribution >= 0.6 is 0 Å². The fourth-order valence-electron chi connectivity index (χ4n) is 7.29. The summed E-state index contributed by atoms with van der Waals surface area (Å²) in [4.78, 5) is 26.2. The summed E-state index contributed by atoms with van der Waals surface area (Å²) in [6, 6.07) is -0.726. The summed E-state index contributed by atoms with van der Waals surface area (Å²) >= 11 is 0. The van der Waals surface area contributed by atoms with E-state index in [4.69, 9.17) is 4.74 Å². The monoisotopic (exact) mass is 888 g/mol. The van der Waals surface area contributed by atoms with Crippen molar-refractivity contribution >= 4 is 11.9 Å². The molecule has 6 heteroatoms. The number of hydrogen-bond acceptors (Lipinski definition) is 5. The minimum absolute atomic E-state index is 0.0375. The highest BCUT2D eigenvalue weighted by Crippen LogP contribution is 2.17. The topological polar surface area (TPSA) is 95.9 Å². The van der Waals surface area contributed by atoms with Gasteiger partial charge in [-0.25, -0.2) is 0 Å². The highest BCUT2D eigenvalue weighted by Gasteiger charge is 2.24. The number of allylic oxidation sites excluding steroid dienone is 18. The van der Waals surface area contributed by atoms with E-state index in [1.54, 1.807) is 0 Å². The van der Waals surface area contributed by atoms with Gasteiger partial charge in [0.2, 0.25) is 5.91 Å². The van der Waals surface area contributed by atoms with E-state index in [0.717, 1.165) is 96.3 Å². The molecule has 6 nitrogen and oxygen atoms in total. The smallest absolute Gasteiger partial charge is 0.306 e. The Bertz CT molecular complexity index is 1320. The average Bonchev–Trinajstić information content (AvgIpc) is 3.29. The van der Waals surface area contributed by atoms with Crippen molar-refractivity contribution in [2.75, 3.05) is 6.61 Å². The fraction of sp³-hybridized carbons (Fsp3) is 0.655. The van der Waals surface area contributed by atoms with Gasteiger partial charge in [-0.05, 0) is 83.5 Å². The standard InChI is InChI=1S/C58H97NO5/c1-4-7-10-13-16-19-22-24-26-28-30-32-35-37-40-43-46-49-54(52-57(62)59-55(53-60)56(61)50-47-44-41-38-34-21-18-15-12-9-6-3)64-58(63)51-48-45-42-39-36-33-31-29-27-25-23-20-17-14-11-8-5-2/h8,11,14,16-17,19-20,23-27,29-33,36,54-56,60-61H,4-7,9-10,12-13,15,18,21-22,28,34-35,37-53H2,1-3H3,(H,59,62)/b11-8-,17-14+,19-16-,23-20+,26-24-,27-25-,31-29+,32-30-,36-33+. The zero-order valence-electron chi connectivity index (χ0n) is 41.4. The zero-order valence-corrected chi connectivity index (χ0v) is 41.4. The molecular formula is C58H97NO5. The van der Waals surface area contributed by atoms with E-state index in [2.05, 4.69) is 80.8 Å². The van der Waals surface area contributed by atoms with Crippen LogP contribution in [0.2, 0.25) is 0 Å². The number of unbranched alkanes of at least 4 members (excludes halogenated alkanes) is 20. The van der Waals surface area contributed by atoms with E-state index in [-0.39, 0.29) is 24.9 Å². The molecule has 0 bridgehead atoms. The third-order valence-electron chi connectivity index (χ3n) is 11.2. The molecule has 0 saturated heterocycles. The molecule has 3 unspecified atom stereocenters. The van der Waals surface area contributed by atoms with Crippen LogP contribution in [0, 0.1) is 0 Å². The molecule has 0 aromatic rings. The maximum absolute atomic E-state index is 13.2. The molecule has 64 heavy (non-hydrogen) atoms. The number of rotatable bonds is 45. The van der Waals surface area contributed by atoms with Gasteiger partial charge in [0.05, 0.1) is 25.2 Å². The lowest BCUT2D eigenvalue weighted by Gasteiger charge is -2.24. The van der Waals surface area contributed by atoms with E-state index < -0.39 is 18.2 Å². The lowest BCUT2D eigenvalue weighted by Crippen LogP contribution is -2.46. The Morgan fingerprint density at radius 1 is 0.484 bits per heavy atom. The molecule has 0 aliphatic carbocycles. The Kier molecular flexibility index (Phi) is 47.8. The number of carbonyl (C=O) groups excluding carboxylic acids is 2. The van der Waals surface area contributed by atoms with E-state index in [0.29, 0.717) is 19.3 Å². The van der Waals surface area contributed by atoms with Gasteiger partial charge in [0.25, 0.3) is 0 Å². The Hall–Kier alpha value is -3.48. The van der Waals surface area contributed by atoms with Crippen molar-refractivity contribution in [1.29, 1.82) is 0 Å². The number of nitrogens with one attached hydrogen (secondary N) is 1. The minimum atomic E-state index is -0.809. The predicted octanol–water partition coefficient (Wildman–Crippen LogP) is 15.9. The van der Waals surface area contributed by atoms with Crippen LogP contribution in [0.15, 0.2) is 109 Å². The van der Waals surface area contributed by atoms with Crippen molar-refractivity contribution in [2.45, 2.75) is 238 Å². The van der Waals surface area contributed by atoms with Gasteiger partial charge in [0, 0.05) is 6.42 Å². The Morgan fingerprint density at radius 2 is 0.906 bits per heavy atom. The van der Waals surface area contributed by atoms with Gasteiger partial charge < -0.3 is 20.3 Å². The molecule has 0 radical (unpaired) electrons. The molecule has 0 aliphatic heterocycles. The molecule has 3 atom stereocenters. The first-order valence-electron chi connectivity index (χ1n) is 26.2. The summed E-state index contributed by atoms with van der Waals surface area (Å²) < 4.78 is 5.91. The second-order valence-corrected chi connectivity index (χ2v) is 17.3. The third kappa shape index (κ3) is 45.1. The van der Waals surface area contributed by atoms with E-state index in [1.165, 1.54) is 77.0 Å². The first-order valence-corrected chi connectivity index (χ1v) is 26.2. The summed E-state index contributed by atoms with van der Waals surface area (Å²) in [5.41, 5.74) is 0. The molecule has 0 spiro atoms. The molecule has 0 aliphatic rings. The molecule has 0 heterocycles. The van der Waals surface area contributed by atoms with E-state index in [9.17, 15) is 19.8 Å². The number of esters is 1. The van der Waals surface area contributed by atoms with Crippen LogP contribution in [-0.2, 0) is 14.3 Å². The van der Waals surface area contributed by atoms with Gasteiger partial charge in [-0.2, -0.15) is 0 Å². The van der Waals surface area contributed by atoms with Crippen LogP contribution in [0.5, 0.6) is 0 Å². The lowest BCUT2D eigenvalue weighted by atomic mass is 10.0. The molecule has 1 amide bonds. The SMILES string of the molecule is CC\C=C/C=C/C=C/C=C\C=C\C=C\CCCCCC(=O)OC(CCCCCC/C=C\C/C=C\C/C=C\CCCCC)CC(=O)NC(CO)C(O)CCCCCCCCCCCCC. The van der Waals surface area contributed by atoms with Crippen LogP contribution < -0.4 is 5.32 Å². The summed E-state index contributed by atoms with van der Waals surface area (Å²) in [7, 11) is 0. The minimum Gasteiger partial charge on any atom is -0.462 e. The normalized spacial score (nSPS) is 14.1. The Labute approximate surface area is 394 Å². The fourth-order valence-corrected chi connectivity index (χ4v) is 7.29. The van der Waals surface area contributed by atoms with Gasteiger partial charge in [-0.1, -0.05) is 233 Å². The zero-order chi connectivity index (χ0) is 46.7. The predicted molar refractivity (Wildman–Crippen MR) is 277 cm³/mol. The summed E-state index contributed by atoms with van der Waals surface area (Å²) in [5, 5.41) is 23.7. The third-order valence-corrected chi connectivity index (χ3v) is 11.2. The first-order chi connectivity index (χ1) is 31.5. The van der Waals surface area contributed by atoms with Crippen molar-refractivity contribution in [2.24, 2.45) is 0 Å². The lowest BCUT2D eigenvalue weighted by molar-refractivity contribution is -0.151. The molecule has 0 rings (SSSR count). The van der Waals surface area contributed by atoms with Crippen LogP contribution in [0.1, 0.15) is 220 Å². The number of amides is 1. The second kappa shape index (κ2) is 50.5. The summed E-state index contributed by atoms with van der Waals surface area (Å²) in [6.45, 7) is 6.28. The molecule has 364 valence electrons. The number of carbonyl (C=O) groups is 2. The average molecular weight is 888 g/mol. The molecule has 0 saturated carbocycles. The van der Waals surface area contributed by atoms with Crippen LogP contribution in [0.4, 0.5) is 0 Å². The Balaban J connectivity index is 4.77. The highest BCUT2D eigenvalue weighted by molar-refractivity contribution is 5.77. The molecule has 0 aromatic heterocycles. The molecule has 3 N–H and O–H groups in total. The van der Waals surface area contributed by atoms with Crippen molar-refractivity contribution < 1.29 is 24.5 Å². The van der Waals surface area contributed by atoms with Crippen molar-refractivity contribution in [3.05, 3.63) is 109 Å². The molecular weight excluding hydrogens is 791 g/mol. The van der Waals surface area contributed by atoms with E-state index in [1.807, 2.05) is 54.7 Å². The van der Waals surface area contributed by atoms with Crippen LogP contribution in [0.25, 0.3) is 0 Å². The molecule has 0 fully saturated rings. The molecule has 0 aromatic carbocycles. The van der Waals surface area contributed by atoms with Crippen LogP contribution in [-0.4, -0.2) is 46.9 Å². The van der Waals surface area contributed by atoms with Crippen LogP contribution in [0.3, 0.4) is 0 Å². The number of ether oxygens (including phenoxy) is 1. The van der Waals surface area contributed by atoms with Gasteiger partial charge >= 0.3 is 5.97 Å². The number of aliphatic hydroxyl groups excluding tert-OH is 2. The summed E-state index contributed by atoms with van der Waals surface area (Å²) in [6.07, 6.45) is 68.5. The van der Waals surface area contributed by atoms with Crippen molar-refractivity contribution in [3.63, 3.8) is 0 Å². The number of aliphatic hydroxyl groups is 2. The van der Waals surface area contributed by atoms with Crippen molar-refractivity contribution in [3.8, 4) is 0 Å².